The Labute approximate surface area is 161 Å². The van der Waals surface area contributed by atoms with Crippen LogP contribution in [-0.2, 0) is 11.2 Å². The molecule has 7 heteroatoms. The first-order valence-corrected chi connectivity index (χ1v) is 8.53. The van der Waals surface area contributed by atoms with Gasteiger partial charge in [0.05, 0.1) is 14.2 Å². The molecule has 1 aromatic heterocycles. The molecule has 1 heterocycles. The van der Waals surface area contributed by atoms with E-state index < -0.39 is 5.97 Å². The third-order valence-corrected chi connectivity index (χ3v) is 4.39. The van der Waals surface area contributed by atoms with E-state index in [1.165, 1.54) is 39.5 Å². The number of halogens is 1. The molecular weight excluding hydrogens is 363 g/mol. The number of ether oxygens (including phenoxy) is 2. The Bertz CT molecular complexity index is 1050. The maximum Gasteiger partial charge on any atom is 0.341 e. The molecule has 28 heavy (non-hydrogen) atoms. The summed E-state index contributed by atoms with van der Waals surface area (Å²) in [7, 11) is 4.19. The maximum absolute atomic E-state index is 13.1. The normalized spacial score (nSPS) is 10.6. The Balaban J connectivity index is 2.18. The number of amides is 1. The summed E-state index contributed by atoms with van der Waals surface area (Å²) in [5, 5.41) is 3.11. The zero-order valence-electron chi connectivity index (χ0n) is 15.7. The fourth-order valence-electron chi connectivity index (χ4n) is 3.03. The Morgan fingerprint density at radius 3 is 2.39 bits per heavy atom. The molecule has 6 nitrogen and oxygen atoms in total. The number of esters is 1. The minimum Gasteiger partial charge on any atom is -0.494 e. The topological polar surface area (TPSA) is 77.5 Å². The summed E-state index contributed by atoms with van der Waals surface area (Å²) in [4.78, 5) is 29.0. The van der Waals surface area contributed by atoms with E-state index in [0.717, 1.165) is 11.1 Å². The molecule has 0 spiro atoms. The molecule has 0 aliphatic carbocycles. The van der Waals surface area contributed by atoms with Crippen LogP contribution in [0.4, 0.5) is 4.39 Å². The van der Waals surface area contributed by atoms with Crippen LogP contribution in [-0.4, -0.2) is 38.1 Å². The number of carbonyl (C=O) groups excluding carboxylic acids is 2. The van der Waals surface area contributed by atoms with E-state index in [1.54, 1.807) is 18.3 Å². The first-order chi connectivity index (χ1) is 13.5. The van der Waals surface area contributed by atoms with Crippen LogP contribution in [0.1, 0.15) is 31.8 Å². The minimum absolute atomic E-state index is 0.120. The monoisotopic (exact) mass is 382 g/mol. The zero-order chi connectivity index (χ0) is 20.3. The summed E-state index contributed by atoms with van der Waals surface area (Å²) >= 11 is 0. The highest BCUT2D eigenvalue weighted by Crippen LogP contribution is 2.32. The Kier molecular flexibility index (Phi) is 5.54. The van der Waals surface area contributed by atoms with Crippen molar-refractivity contribution in [1.29, 1.82) is 0 Å². The highest BCUT2D eigenvalue weighted by Gasteiger charge is 2.22. The molecule has 0 atom stereocenters. The predicted octanol–water partition coefficient (Wildman–Crippen LogP) is 3.12. The number of rotatable bonds is 5. The predicted molar refractivity (Wildman–Crippen MR) is 102 cm³/mol. The summed E-state index contributed by atoms with van der Waals surface area (Å²) in [6.07, 6.45) is 2.15. The van der Waals surface area contributed by atoms with E-state index >= 15 is 0 Å². The van der Waals surface area contributed by atoms with Crippen molar-refractivity contribution in [2.75, 3.05) is 21.3 Å². The van der Waals surface area contributed by atoms with Crippen molar-refractivity contribution in [2.45, 2.75) is 6.42 Å². The van der Waals surface area contributed by atoms with Crippen LogP contribution in [0, 0.1) is 5.82 Å². The number of hydrogen-bond donors (Lipinski definition) is 1. The average molecular weight is 382 g/mol. The summed E-state index contributed by atoms with van der Waals surface area (Å²) in [6, 6.07) is 9.44. The molecule has 0 aliphatic heterocycles. The van der Waals surface area contributed by atoms with E-state index in [-0.39, 0.29) is 28.6 Å². The number of methoxy groups -OCH3 is 2. The molecule has 0 fully saturated rings. The lowest BCUT2D eigenvalue weighted by Gasteiger charge is -2.14. The number of hydrogen-bond acceptors (Lipinski definition) is 5. The van der Waals surface area contributed by atoms with E-state index in [2.05, 4.69) is 10.3 Å². The summed E-state index contributed by atoms with van der Waals surface area (Å²) in [5.74, 6) is -1.05. The van der Waals surface area contributed by atoms with Gasteiger partial charge in [-0.1, -0.05) is 12.1 Å². The van der Waals surface area contributed by atoms with Crippen LogP contribution in [0.3, 0.4) is 0 Å². The van der Waals surface area contributed by atoms with Crippen LogP contribution in [0.25, 0.3) is 10.9 Å². The van der Waals surface area contributed by atoms with E-state index in [4.69, 9.17) is 9.47 Å². The van der Waals surface area contributed by atoms with Gasteiger partial charge >= 0.3 is 5.97 Å². The largest absolute Gasteiger partial charge is 0.494 e. The van der Waals surface area contributed by atoms with Crippen LogP contribution >= 0.6 is 0 Å². The number of carbonyl (C=O) groups is 2. The van der Waals surface area contributed by atoms with Gasteiger partial charge in [0.25, 0.3) is 5.91 Å². The number of pyridine rings is 1. The van der Waals surface area contributed by atoms with Gasteiger partial charge < -0.3 is 14.8 Å². The summed E-state index contributed by atoms with van der Waals surface area (Å²) in [6.45, 7) is 0. The van der Waals surface area contributed by atoms with Crippen molar-refractivity contribution in [1.82, 2.24) is 10.3 Å². The Morgan fingerprint density at radius 2 is 1.79 bits per heavy atom. The van der Waals surface area contributed by atoms with Crippen molar-refractivity contribution in [3.8, 4) is 5.75 Å². The Hall–Kier alpha value is -3.48. The van der Waals surface area contributed by atoms with Gasteiger partial charge in [-0.3, -0.25) is 9.78 Å². The standard InChI is InChI=1S/C21H19FN2O4/c1-23-20(25)16-10-17(21(26)28-3)19(27-2)18-15(16)9-13(11-24-18)8-12-4-6-14(22)7-5-12/h4-7,9-11H,8H2,1-3H3,(H,23,25). The lowest BCUT2D eigenvalue weighted by Crippen LogP contribution is -2.19. The third kappa shape index (κ3) is 3.64. The van der Waals surface area contributed by atoms with Gasteiger partial charge in [0, 0.05) is 24.2 Å². The lowest BCUT2D eigenvalue weighted by atomic mass is 9.98. The van der Waals surface area contributed by atoms with Crippen LogP contribution in [0.15, 0.2) is 42.6 Å². The van der Waals surface area contributed by atoms with Crippen LogP contribution < -0.4 is 10.1 Å². The molecule has 0 radical (unpaired) electrons. The molecule has 0 aliphatic rings. The number of nitrogens with zero attached hydrogens (tertiary/aromatic N) is 1. The first kappa shape index (κ1) is 19.3. The highest BCUT2D eigenvalue weighted by molar-refractivity contribution is 6.11. The van der Waals surface area contributed by atoms with Crippen molar-refractivity contribution in [3.63, 3.8) is 0 Å². The van der Waals surface area contributed by atoms with Gasteiger partial charge in [0.15, 0.2) is 5.75 Å². The molecule has 3 rings (SSSR count). The van der Waals surface area contributed by atoms with Crippen molar-refractivity contribution >= 4 is 22.8 Å². The van der Waals surface area contributed by atoms with E-state index in [9.17, 15) is 14.0 Å². The van der Waals surface area contributed by atoms with Gasteiger partial charge in [0.1, 0.15) is 16.9 Å². The third-order valence-electron chi connectivity index (χ3n) is 4.39. The zero-order valence-corrected chi connectivity index (χ0v) is 15.7. The quantitative estimate of drug-likeness (QED) is 0.686. The molecule has 1 N–H and O–H groups in total. The molecular formula is C21H19FN2O4. The van der Waals surface area contributed by atoms with Crippen molar-refractivity contribution in [2.24, 2.45) is 0 Å². The number of benzene rings is 2. The van der Waals surface area contributed by atoms with Gasteiger partial charge in [-0.2, -0.15) is 0 Å². The number of nitrogens with one attached hydrogen (secondary N) is 1. The SMILES string of the molecule is CNC(=O)c1cc(C(=O)OC)c(OC)c2ncc(Cc3ccc(F)cc3)cc12. The van der Waals surface area contributed by atoms with Gasteiger partial charge in [-0.25, -0.2) is 9.18 Å². The second-order valence-corrected chi connectivity index (χ2v) is 6.12. The average Bonchev–Trinajstić information content (AvgIpc) is 2.72. The molecule has 144 valence electrons. The van der Waals surface area contributed by atoms with E-state index in [1.807, 2.05) is 6.07 Å². The minimum atomic E-state index is -0.624. The van der Waals surface area contributed by atoms with Crippen LogP contribution in [0.2, 0.25) is 0 Å². The van der Waals surface area contributed by atoms with Crippen molar-refractivity contribution < 1.29 is 23.5 Å². The molecule has 3 aromatic rings. The second kappa shape index (κ2) is 8.04. The van der Waals surface area contributed by atoms with E-state index in [0.29, 0.717) is 17.3 Å². The molecule has 0 bridgehead atoms. The lowest BCUT2D eigenvalue weighted by molar-refractivity contribution is 0.0597. The fourth-order valence-corrected chi connectivity index (χ4v) is 3.03. The highest BCUT2D eigenvalue weighted by atomic mass is 19.1. The molecule has 2 aromatic carbocycles. The molecule has 0 saturated heterocycles. The van der Waals surface area contributed by atoms with Gasteiger partial charge in [0.2, 0.25) is 0 Å². The molecule has 0 saturated carbocycles. The van der Waals surface area contributed by atoms with Gasteiger partial charge in [-0.15, -0.1) is 0 Å². The molecule has 0 unspecified atom stereocenters. The maximum atomic E-state index is 13.1. The van der Waals surface area contributed by atoms with Crippen molar-refractivity contribution in [3.05, 3.63) is 70.7 Å². The molecule has 1 amide bonds. The number of fused-ring (bicyclic) bond motifs is 1. The van der Waals surface area contributed by atoms with Gasteiger partial charge in [-0.05, 0) is 41.8 Å². The smallest absolute Gasteiger partial charge is 0.341 e. The first-order valence-electron chi connectivity index (χ1n) is 8.53. The second-order valence-electron chi connectivity index (χ2n) is 6.12. The van der Waals surface area contributed by atoms with Crippen LogP contribution in [0.5, 0.6) is 5.75 Å². The number of aromatic nitrogens is 1. The summed E-state index contributed by atoms with van der Waals surface area (Å²) < 4.78 is 23.3. The fraction of sp³-hybridized carbons (Fsp3) is 0.190. The Morgan fingerprint density at radius 1 is 1.07 bits per heavy atom. The summed E-state index contributed by atoms with van der Waals surface area (Å²) in [5.41, 5.74) is 2.52.